The van der Waals surface area contributed by atoms with Crippen molar-refractivity contribution in [1.29, 1.82) is 0 Å². The minimum absolute atomic E-state index is 0.0353. The smallest absolute Gasteiger partial charge is 0.239 e. The SMILES string of the molecule is COc1ccccc1C(C)NC(=O)CNc1cc(S(C)(=O)=O)ccc1C. The number of nitrogens with one attached hydrogen (secondary N) is 2. The van der Waals surface area contributed by atoms with Crippen LogP contribution in [0.15, 0.2) is 47.4 Å². The van der Waals surface area contributed by atoms with Crippen molar-refractivity contribution in [3.05, 3.63) is 53.6 Å². The minimum Gasteiger partial charge on any atom is -0.496 e. The van der Waals surface area contributed by atoms with Gasteiger partial charge in [0.1, 0.15) is 5.75 Å². The molecule has 7 heteroatoms. The summed E-state index contributed by atoms with van der Waals surface area (Å²) in [6.45, 7) is 3.77. The van der Waals surface area contributed by atoms with Crippen LogP contribution in [0.4, 0.5) is 5.69 Å². The highest BCUT2D eigenvalue weighted by molar-refractivity contribution is 7.90. The van der Waals surface area contributed by atoms with Crippen LogP contribution < -0.4 is 15.4 Å². The van der Waals surface area contributed by atoms with Crippen molar-refractivity contribution in [3.8, 4) is 5.75 Å². The molecule has 2 aromatic rings. The molecular weight excluding hydrogens is 352 g/mol. The van der Waals surface area contributed by atoms with Gasteiger partial charge in [0.2, 0.25) is 5.91 Å². The Kier molecular flexibility index (Phi) is 6.26. The van der Waals surface area contributed by atoms with Crippen LogP contribution in [0.3, 0.4) is 0 Å². The van der Waals surface area contributed by atoms with Crippen molar-refractivity contribution < 1.29 is 17.9 Å². The zero-order valence-corrected chi connectivity index (χ0v) is 16.2. The first-order valence-corrected chi connectivity index (χ1v) is 10.1. The molecule has 0 aliphatic heterocycles. The van der Waals surface area contributed by atoms with Crippen molar-refractivity contribution in [1.82, 2.24) is 5.32 Å². The minimum atomic E-state index is -3.30. The molecule has 2 N–H and O–H groups in total. The van der Waals surface area contributed by atoms with E-state index in [9.17, 15) is 13.2 Å². The number of hydrogen-bond donors (Lipinski definition) is 2. The van der Waals surface area contributed by atoms with Gasteiger partial charge in [-0.1, -0.05) is 24.3 Å². The van der Waals surface area contributed by atoms with Gasteiger partial charge in [-0.2, -0.15) is 0 Å². The van der Waals surface area contributed by atoms with Crippen molar-refractivity contribution in [2.45, 2.75) is 24.8 Å². The van der Waals surface area contributed by atoms with Crippen LogP contribution in [0.5, 0.6) is 5.75 Å². The Labute approximate surface area is 154 Å². The first-order valence-electron chi connectivity index (χ1n) is 8.19. The number of rotatable bonds is 7. The van der Waals surface area contributed by atoms with E-state index in [1.165, 1.54) is 0 Å². The highest BCUT2D eigenvalue weighted by Gasteiger charge is 2.14. The molecule has 6 nitrogen and oxygen atoms in total. The van der Waals surface area contributed by atoms with Gasteiger partial charge in [0.15, 0.2) is 9.84 Å². The van der Waals surface area contributed by atoms with Crippen LogP contribution in [0.2, 0.25) is 0 Å². The van der Waals surface area contributed by atoms with Crippen LogP contribution >= 0.6 is 0 Å². The van der Waals surface area contributed by atoms with Crippen molar-refractivity contribution in [2.24, 2.45) is 0 Å². The summed E-state index contributed by atoms with van der Waals surface area (Å²) in [5.74, 6) is 0.512. The second-order valence-electron chi connectivity index (χ2n) is 6.13. The molecule has 1 atom stereocenters. The maximum Gasteiger partial charge on any atom is 0.239 e. The number of anilines is 1. The number of carbonyl (C=O) groups excluding carboxylic acids is 1. The fourth-order valence-corrected chi connectivity index (χ4v) is 3.24. The van der Waals surface area contributed by atoms with E-state index >= 15 is 0 Å². The van der Waals surface area contributed by atoms with Gasteiger partial charge in [0.25, 0.3) is 0 Å². The highest BCUT2D eigenvalue weighted by Crippen LogP contribution is 2.24. The Morgan fingerprint density at radius 1 is 1.19 bits per heavy atom. The number of hydrogen-bond acceptors (Lipinski definition) is 5. The molecule has 0 fully saturated rings. The molecular formula is C19H24N2O4S. The van der Waals surface area contributed by atoms with E-state index in [0.29, 0.717) is 11.4 Å². The molecule has 1 amide bonds. The third-order valence-electron chi connectivity index (χ3n) is 4.06. The summed E-state index contributed by atoms with van der Waals surface area (Å²) in [6, 6.07) is 12.1. The Morgan fingerprint density at radius 3 is 2.54 bits per heavy atom. The van der Waals surface area contributed by atoms with E-state index in [0.717, 1.165) is 17.4 Å². The average Bonchev–Trinajstić information content (AvgIpc) is 2.59. The van der Waals surface area contributed by atoms with Gasteiger partial charge in [-0.25, -0.2) is 8.42 Å². The van der Waals surface area contributed by atoms with Gasteiger partial charge in [-0.3, -0.25) is 4.79 Å². The Morgan fingerprint density at radius 2 is 1.88 bits per heavy atom. The van der Waals surface area contributed by atoms with Crippen molar-refractivity contribution in [2.75, 3.05) is 25.2 Å². The molecule has 0 saturated heterocycles. The lowest BCUT2D eigenvalue weighted by Crippen LogP contribution is -2.32. The lowest BCUT2D eigenvalue weighted by atomic mass is 10.1. The summed E-state index contributed by atoms with van der Waals surface area (Å²) in [4.78, 5) is 12.5. The van der Waals surface area contributed by atoms with E-state index in [1.54, 1.807) is 25.3 Å². The van der Waals surface area contributed by atoms with Gasteiger partial charge in [-0.15, -0.1) is 0 Å². The summed E-state index contributed by atoms with van der Waals surface area (Å²) in [7, 11) is -1.71. The molecule has 0 aliphatic rings. The lowest BCUT2D eigenvalue weighted by Gasteiger charge is -2.18. The van der Waals surface area contributed by atoms with E-state index in [1.807, 2.05) is 38.1 Å². The lowest BCUT2D eigenvalue weighted by molar-refractivity contribution is -0.120. The zero-order chi connectivity index (χ0) is 19.3. The maximum atomic E-state index is 12.3. The van der Waals surface area contributed by atoms with Gasteiger partial charge in [0.05, 0.1) is 24.6 Å². The normalized spacial score (nSPS) is 12.3. The Bertz CT molecular complexity index is 894. The maximum absolute atomic E-state index is 12.3. The van der Waals surface area contributed by atoms with E-state index in [4.69, 9.17) is 4.74 Å². The van der Waals surface area contributed by atoms with Gasteiger partial charge in [0, 0.05) is 17.5 Å². The number of aryl methyl sites for hydroxylation is 1. The Hall–Kier alpha value is -2.54. The third kappa shape index (κ3) is 4.98. The second-order valence-corrected chi connectivity index (χ2v) is 8.15. The molecule has 2 rings (SSSR count). The third-order valence-corrected chi connectivity index (χ3v) is 5.17. The largest absolute Gasteiger partial charge is 0.496 e. The number of methoxy groups -OCH3 is 1. The van der Waals surface area contributed by atoms with Gasteiger partial charge < -0.3 is 15.4 Å². The quantitative estimate of drug-likeness (QED) is 0.776. The molecule has 140 valence electrons. The first kappa shape index (κ1) is 19.8. The van der Waals surface area contributed by atoms with Crippen molar-refractivity contribution >= 4 is 21.4 Å². The van der Waals surface area contributed by atoms with Crippen LogP contribution in [0.1, 0.15) is 24.1 Å². The number of ether oxygens (including phenoxy) is 1. The predicted octanol–water partition coefficient (Wildman–Crippen LogP) is 2.70. The fraction of sp³-hybridized carbons (Fsp3) is 0.316. The predicted molar refractivity (Wildman–Crippen MR) is 102 cm³/mol. The van der Waals surface area contributed by atoms with E-state index in [-0.39, 0.29) is 23.4 Å². The molecule has 0 radical (unpaired) electrons. The van der Waals surface area contributed by atoms with Crippen LogP contribution in [0, 0.1) is 6.92 Å². The molecule has 2 aromatic carbocycles. The molecule has 0 spiro atoms. The van der Waals surface area contributed by atoms with Crippen LogP contribution in [-0.4, -0.2) is 34.2 Å². The molecule has 0 aromatic heterocycles. The molecule has 0 aliphatic carbocycles. The molecule has 0 heterocycles. The topological polar surface area (TPSA) is 84.5 Å². The number of benzene rings is 2. The zero-order valence-electron chi connectivity index (χ0n) is 15.4. The molecule has 0 bridgehead atoms. The number of amides is 1. The summed E-state index contributed by atoms with van der Waals surface area (Å²) >= 11 is 0. The molecule has 1 unspecified atom stereocenters. The highest BCUT2D eigenvalue weighted by atomic mass is 32.2. The number of carbonyl (C=O) groups is 1. The molecule has 0 saturated carbocycles. The molecule has 26 heavy (non-hydrogen) atoms. The Balaban J connectivity index is 2.03. The van der Waals surface area contributed by atoms with Crippen LogP contribution in [0.25, 0.3) is 0 Å². The van der Waals surface area contributed by atoms with E-state index < -0.39 is 9.84 Å². The standard InChI is InChI=1S/C19H24N2O4S/c1-13-9-10-15(26(4,23)24)11-17(13)20-12-19(22)21-14(2)16-7-5-6-8-18(16)25-3/h5-11,14,20H,12H2,1-4H3,(H,21,22). The first-order chi connectivity index (χ1) is 12.2. The summed E-state index contributed by atoms with van der Waals surface area (Å²) in [5.41, 5.74) is 2.37. The second kappa shape index (κ2) is 8.23. The average molecular weight is 376 g/mol. The number of para-hydroxylation sites is 1. The van der Waals surface area contributed by atoms with Gasteiger partial charge >= 0.3 is 0 Å². The number of sulfone groups is 1. The fourth-order valence-electron chi connectivity index (χ4n) is 2.59. The summed E-state index contributed by atoms with van der Waals surface area (Å²) < 4.78 is 28.7. The van der Waals surface area contributed by atoms with Gasteiger partial charge in [-0.05, 0) is 37.6 Å². The monoisotopic (exact) mass is 376 g/mol. The van der Waals surface area contributed by atoms with Crippen LogP contribution in [-0.2, 0) is 14.6 Å². The summed E-state index contributed by atoms with van der Waals surface area (Å²) in [6.07, 6.45) is 1.16. The van der Waals surface area contributed by atoms with E-state index in [2.05, 4.69) is 10.6 Å². The van der Waals surface area contributed by atoms with Crippen molar-refractivity contribution in [3.63, 3.8) is 0 Å². The summed E-state index contributed by atoms with van der Waals surface area (Å²) in [5, 5.41) is 5.91.